The van der Waals surface area contributed by atoms with Crippen LogP contribution in [0.4, 0.5) is 0 Å². The number of hydrogen-bond acceptors (Lipinski definition) is 6. The number of para-hydroxylation sites is 1. The van der Waals surface area contributed by atoms with Gasteiger partial charge in [-0.1, -0.05) is 25.5 Å². The van der Waals surface area contributed by atoms with Crippen molar-refractivity contribution in [3.63, 3.8) is 0 Å². The fraction of sp³-hybridized carbons (Fsp3) is 0.545. The van der Waals surface area contributed by atoms with Crippen molar-refractivity contribution in [2.75, 3.05) is 20.6 Å². The Morgan fingerprint density at radius 1 is 1.31 bits per heavy atom. The van der Waals surface area contributed by atoms with E-state index in [-0.39, 0.29) is 42.0 Å². The molecule has 0 radical (unpaired) electrons. The van der Waals surface area contributed by atoms with E-state index in [0.29, 0.717) is 18.5 Å². The topological polar surface area (TPSA) is 62.7 Å². The van der Waals surface area contributed by atoms with Crippen LogP contribution in [0, 0.1) is 17.8 Å². The van der Waals surface area contributed by atoms with Gasteiger partial charge in [-0.3, -0.25) is 4.79 Å². The Bertz CT molecular complexity index is 864. The minimum Gasteiger partial charge on any atom is -0.496 e. The standard InChI is InChI=1S/C22H28N2O3S.ClH/c1-4-7-13-10-14-20(26)16(22-23-17-8-5-6-9-18(17)28-22)12-27-21(14)15(19(13)25)11-24(2)3;/h5-6,8-9,12-15,19,21,25H,4,7,10-11H2,1-3H3;1H. The molecule has 1 saturated carbocycles. The summed E-state index contributed by atoms with van der Waals surface area (Å²) in [6, 6.07) is 7.93. The molecule has 4 rings (SSSR count). The first kappa shape index (κ1) is 22.2. The first-order chi connectivity index (χ1) is 13.5. The van der Waals surface area contributed by atoms with Crippen molar-refractivity contribution >= 4 is 45.3 Å². The molecule has 2 heterocycles. The number of carbonyl (C=O) groups is 1. The highest BCUT2D eigenvalue weighted by Crippen LogP contribution is 2.44. The zero-order chi connectivity index (χ0) is 19.8. The number of nitrogens with zero attached hydrogens (tertiary/aromatic N) is 2. The maximum atomic E-state index is 13.4. The van der Waals surface area contributed by atoms with Gasteiger partial charge in [0.1, 0.15) is 11.1 Å². The van der Waals surface area contributed by atoms with E-state index < -0.39 is 6.10 Å². The molecule has 2 aromatic rings. The highest BCUT2D eigenvalue weighted by molar-refractivity contribution is 7.19. The van der Waals surface area contributed by atoms with Crippen molar-refractivity contribution in [2.24, 2.45) is 17.8 Å². The van der Waals surface area contributed by atoms with Gasteiger partial charge in [0, 0.05) is 12.5 Å². The molecule has 1 aliphatic carbocycles. The van der Waals surface area contributed by atoms with Gasteiger partial charge in [0.05, 0.1) is 34.1 Å². The van der Waals surface area contributed by atoms with Gasteiger partial charge in [-0.25, -0.2) is 4.98 Å². The number of fused-ring (bicyclic) bond motifs is 2. The first-order valence-electron chi connectivity index (χ1n) is 10.1. The lowest BCUT2D eigenvalue weighted by Crippen LogP contribution is -2.54. The Morgan fingerprint density at radius 3 is 2.76 bits per heavy atom. The number of Topliss-reactive ketones (excluding diaryl/α,β-unsaturated/α-hetero) is 1. The van der Waals surface area contributed by atoms with E-state index in [2.05, 4.69) is 16.8 Å². The third kappa shape index (κ3) is 4.22. The van der Waals surface area contributed by atoms with Crippen LogP contribution < -0.4 is 0 Å². The minimum atomic E-state index is -0.436. The number of thiazole rings is 1. The summed E-state index contributed by atoms with van der Waals surface area (Å²) in [5.41, 5.74) is 1.49. The van der Waals surface area contributed by atoms with Crippen LogP contribution in [-0.4, -0.2) is 53.6 Å². The number of aromatic nitrogens is 1. The van der Waals surface area contributed by atoms with Gasteiger partial charge in [-0.05, 0) is 45.0 Å². The molecule has 1 aromatic carbocycles. The lowest BCUT2D eigenvalue weighted by atomic mass is 9.67. The Kier molecular flexibility index (Phi) is 6.99. The number of allylic oxidation sites excluding steroid dienone is 1. The Labute approximate surface area is 182 Å². The van der Waals surface area contributed by atoms with E-state index in [1.54, 1.807) is 6.26 Å². The molecule has 1 fully saturated rings. The molecule has 2 aliphatic rings. The van der Waals surface area contributed by atoms with Gasteiger partial charge in [0.15, 0.2) is 5.78 Å². The number of benzene rings is 1. The maximum absolute atomic E-state index is 13.4. The zero-order valence-electron chi connectivity index (χ0n) is 17.1. The van der Waals surface area contributed by atoms with Gasteiger partial charge >= 0.3 is 0 Å². The molecule has 158 valence electrons. The first-order valence-corrected chi connectivity index (χ1v) is 10.9. The summed E-state index contributed by atoms with van der Waals surface area (Å²) in [6.45, 7) is 2.84. The van der Waals surface area contributed by atoms with Crippen molar-refractivity contribution < 1.29 is 14.6 Å². The summed E-state index contributed by atoms with van der Waals surface area (Å²) in [5, 5.41) is 11.7. The second-order valence-electron chi connectivity index (χ2n) is 8.29. The molecule has 1 N–H and O–H groups in total. The van der Waals surface area contributed by atoms with Gasteiger partial charge < -0.3 is 14.7 Å². The Balaban J connectivity index is 0.00000240. The summed E-state index contributed by atoms with van der Waals surface area (Å²) in [6.07, 6.45) is 3.51. The molecule has 5 nitrogen and oxygen atoms in total. The number of hydrogen-bond donors (Lipinski definition) is 1. The van der Waals surface area contributed by atoms with Crippen LogP contribution in [0.25, 0.3) is 15.8 Å². The fourth-order valence-corrected chi connectivity index (χ4v) is 5.71. The quantitative estimate of drug-likeness (QED) is 0.767. The number of aliphatic hydroxyl groups excluding tert-OH is 1. The second-order valence-corrected chi connectivity index (χ2v) is 9.32. The molecule has 5 atom stereocenters. The predicted molar refractivity (Wildman–Crippen MR) is 119 cm³/mol. The van der Waals surface area contributed by atoms with Crippen molar-refractivity contribution in [3.8, 4) is 0 Å². The van der Waals surface area contributed by atoms with Crippen molar-refractivity contribution in [1.29, 1.82) is 0 Å². The summed E-state index contributed by atoms with van der Waals surface area (Å²) < 4.78 is 7.19. The number of ether oxygens (including phenoxy) is 1. The average Bonchev–Trinajstić information content (AvgIpc) is 3.09. The highest BCUT2D eigenvalue weighted by Gasteiger charge is 2.50. The van der Waals surface area contributed by atoms with Crippen LogP contribution in [-0.2, 0) is 9.53 Å². The summed E-state index contributed by atoms with van der Waals surface area (Å²) in [4.78, 5) is 20.2. The summed E-state index contributed by atoms with van der Waals surface area (Å²) in [7, 11) is 4.00. The van der Waals surface area contributed by atoms with Gasteiger partial charge in [0.2, 0.25) is 0 Å². The normalized spacial score (nSPS) is 29.2. The molecule has 1 aromatic heterocycles. The monoisotopic (exact) mass is 436 g/mol. The van der Waals surface area contributed by atoms with Crippen molar-refractivity contribution in [3.05, 3.63) is 35.5 Å². The molecule has 0 amide bonds. The van der Waals surface area contributed by atoms with Crippen LogP contribution in [0.15, 0.2) is 30.5 Å². The largest absolute Gasteiger partial charge is 0.496 e. The van der Waals surface area contributed by atoms with E-state index in [9.17, 15) is 9.90 Å². The molecule has 0 saturated heterocycles. The van der Waals surface area contributed by atoms with Crippen LogP contribution in [0.2, 0.25) is 0 Å². The molecular formula is C22H29ClN2O3S. The molecular weight excluding hydrogens is 408 g/mol. The van der Waals surface area contributed by atoms with E-state index in [4.69, 9.17) is 4.74 Å². The fourth-order valence-electron chi connectivity index (χ4n) is 4.73. The molecule has 7 heteroatoms. The van der Waals surface area contributed by atoms with Crippen LogP contribution in [0.3, 0.4) is 0 Å². The molecule has 5 unspecified atom stereocenters. The summed E-state index contributed by atoms with van der Waals surface area (Å²) in [5.74, 6) is -0.0233. The average molecular weight is 437 g/mol. The third-order valence-electron chi connectivity index (χ3n) is 6.00. The minimum absolute atomic E-state index is 0. The summed E-state index contributed by atoms with van der Waals surface area (Å²) >= 11 is 1.53. The SMILES string of the molecule is CCCC1CC2C(=O)C(c3nc4ccccc4s3)=COC2C(CN(C)C)C1O.Cl. The van der Waals surface area contributed by atoms with E-state index in [1.807, 2.05) is 38.4 Å². The number of aliphatic hydroxyl groups is 1. The Morgan fingerprint density at radius 2 is 2.07 bits per heavy atom. The van der Waals surface area contributed by atoms with Crippen LogP contribution in [0.1, 0.15) is 31.2 Å². The van der Waals surface area contributed by atoms with Crippen molar-refractivity contribution in [2.45, 2.75) is 38.4 Å². The smallest absolute Gasteiger partial charge is 0.175 e. The zero-order valence-corrected chi connectivity index (χ0v) is 18.7. The van der Waals surface area contributed by atoms with E-state index in [1.165, 1.54) is 11.3 Å². The van der Waals surface area contributed by atoms with E-state index >= 15 is 0 Å². The highest BCUT2D eigenvalue weighted by atomic mass is 35.5. The lowest BCUT2D eigenvalue weighted by molar-refractivity contribution is -0.140. The van der Waals surface area contributed by atoms with Gasteiger partial charge in [-0.2, -0.15) is 0 Å². The number of rotatable bonds is 5. The maximum Gasteiger partial charge on any atom is 0.175 e. The number of ketones is 1. The lowest BCUT2D eigenvalue weighted by Gasteiger charge is -2.46. The molecule has 29 heavy (non-hydrogen) atoms. The van der Waals surface area contributed by atoms with Crippen molar-refractivity contribution in [1.82, 2.24) is 9.88 Å². The number of halogens is 1. The second kappa shape index (κ2) is 9.13. The van der Waals surface area contributed by atoms with Crippen LogP contribution in [0.5, 0.6) is 0 Å². The number of carbonyl (C=O) groups excluding carboxylic acids is 1. The predicted octanol–water partition coefficient (Wildman–Crippen LogP) is 4.00. The molecule has 0 spiro atoms. The molecule has 1 aliphatic heterocycles. The van der Waals surface area contributed by atoms with Gasteiger partial charge in [0.25, 0.3) is 0 Å². The third-order valence-corrected chi connectivity index (χ3v) is 7.07. The van der Waals surface area contributed by atoms with Crippen LogP contribution >= 0.6 is 23.7 Å². The molecule has 0 bridgehead atoms. The Hall–Kier alpha value is -1.47. The van der Waals surface area contributed by atoms with Gasteiger partial charge in [-0.15, -0.1) is 23.7 Å². The van der Waals surface area contributed by atoms with E-state index in [0.717, 1.165) is 28.1 Å².